The third-order valence-corrected chi connectivity index (χ3v) is 7.12. The van der Waals surface area contributed by atoms with Gasteiger partial charge in [-0.15, -0.1) is 0 Å². The number of nitrogens with one attached hydrogen (secondary N) is 1. The van der Waals surface area contributed by atoms with Crippen LogP contribution in [-0.2, 0) is 15.4 Å². The van der Waals surface area contributed by atoms with Crippen molar-refractivity contribution < 1.29 is 32.8 Å². The van der Waals surface area contributed by atoms with Gasteiger partial charge in [0.15, 0.2) is 23.1 Å². The highest BCUT2D eigenvalue weighted by atomic mass is 32.2. The lowest BCUT2D eigenvalue weighted by molar-refractivity contribution is 0.0513. The van der Waals surface area contributed by atoms with Gasteiger partial charge in [-0.3, -0.25) is 4.72 Å². The summed E-state index contributed by atoms with van der Waals surface area (Å²) in [6.07, 6.45) is 1.70. The number of rotatable bonds is 11. The average Bonchev–Trinajstić information content (AvgIpc) is 2.97. The number of aromatic nitrogens is 4. The lowest BCUT2D eigenvalue weighted by Gasteiger charge is -2.20. The number of sulfonamides is 1. The van der Waals surface area contributed by atoms with E-state index >= 15 is 0 Å². The molecule has 4 aromatic rings. The molecule has 0 saturated carbocycles. The van der Waals surface area contributed by atoms with Crippen LogP contribution in [0.3, 0.4) is 0 Å². The van der Waals surface area contributed by atoms with Crippen molar-refractivity contribution in [3.05, 3.63) is 72.6 Å². The molecule has 4 rings (SSSR count). The Kier molecular flexibility index (Phi) is 9.01. The molecule has 1 atom stereocenters. The van der Waals surface area contributed by atoms with Crippen LogP contribution >= 0.6 is 0 Å². The largest absolute Gasteiger partial charge is 0.493 e. The second-order valence-corrected chi connectivity index (χ2v) is 11.6. The molecule has 0 amide bonds. The van der Waals surface area contributed by atoms with Gasteiger partial charge >= 0.3 is 0 Å². The smallest absolute Gasteiger partial charge is 0.264 e. The Morgan fingerprint density at radius 2 is 1.59 bits per heavy atom. The number of nitrogens with zero attached hydrogens (tertiary/aromatic N) is 4. The number of para-hydroxylation sites is 2. The minimum atomic E-state index is -4.19. The summed E-state index contributed by atoms with van der Waals surface area (Å²) in [6, 6.07) is 14.8. The first-order valence-electron chi connectivity index (χ1n) is 12.6. The van der Waals surface area contributed by atoms with Crippen LogP contribution in [0.1, 0.15) is 26.3 Å². The fourth-order valence-corrected chi connectivity index (χ4v) is 4.57. The highest BCUT2D eigenvalue weighted by Crippen LogP contribution is 2.41. The minimum absolute atomic E-state index is 0.0111. The molecule has 13 heteroatoms. The van der Waals surface area contributed by atoms with Crippen LogP contribution in [0, 0.1) is 0 Å². The predicted octanol–water partition coefficient (Wildman–Crippen LogP) is 3.56. The minimum Gasteiger partial charge on any atom is -0.493 e. The monoisotopic (exact) mass is 581 g/mol. The molecule has 216 valence electrons. The zero-order valence-electron chi connectivity index (χ0n) is 23.0. The highest BCUT2D eigenvalue weighted by Gasteiger charge is 2.27. The zero-order valence-corrected chi connectivity index (χ0v) is 23.8. The fraction of sp³-hybridized carbons (Fsp3) is 0.286. The summed E-state index contributed by atoms with van der Waals surface area (Å²) >= 11 is 0. The van der Waals surface area contributed by atoms with Crippen molar-refractivity contribution in [2.24, 2.45) is 0 Å². The maximum absolute atomic E-state index is 13.6. The Hall–Kier alpha value is -4.33. The van der Waals surface area contributed by atoms with E-state index in [0.29, 0.717) is 5.75 Å². The summed E-state index contributed by atoms with van der Waals surface area (Å²) < 4.78 is 46.8. The molecule has 2 heterocycles. The maximum Gasteiger partial charge on any atom is 0.264 e. The van der Waals surface area contributed by atoms with E-state index in [1.54, 1.807) is 42.5 Å². The van der Waals surface area contributed by atoms with Gasteiger partial charge in [-0.1, -0.05) is 45.0 Å². The highest BCUT2D eigenvalue weighted by molar-refractivity contribution is 7.92. The van der Waals surface area contributed by atoms with Crippen molar-refractivity contribution in [3.8, 4) is 34.8 Å². The predicted molar refractivity (Wildman–Crippen MR) is 151 cm³/mol. The van der Waals surface area contributed by atoms with Gasteiger partial charge in [-0.25, -0.2) is 23.4 Å². The van der Waals surface area contributed by atoms with Crippen molar-refractivity contribution in [2.45, 2.75) is 37.2 Å². The van der Waals surface area contributed by atoms with Crippen LogP contribution in [0.25, 0.3) is 11.6 Å². The molecule has 0 radical (unpaired) electrons. The number of hydrogen-bond acceptors (Lipinski definition) is 11. The van der Waals surface area contributed by atoms with E-state index in [4.69, 9.17) is 14.2 Å². The first-order chi connectivity index (χ1) is 19.5. The molecular formula is C28H31N5O7S. The summed E-state index contributed by atoms with van der Waals surface area (Å²) in [5.74, 6) is -0.163. The Bertz CT molecular complexity index is 1580. The van der Waals surface area contributed by atoms with Crippen LogP contribution in [-0.4, -0.2) is 65.0 Å². The van der Waals surface area contributed by atoms with E-state index in [0.717, 1.165) is 5.56 Å². The molecule has 0 bridgehead atoms. The van der Waals surface area contributed by atoms with Gasteiger partial charge in [0.25, 0.3) is 15.9 Å². The third kappa shape index (κ3) is 7.25. The van der Waals surface area contributed by atoms with E-state index < -0.39 is 22.7 Å². The van der Waals surface area contributed by atoms with Gasteiger partial charge in [0.1, 0.15) is 12.7 Å². The molecule has 0 aliphatic rings. The number of anilines is 1. The standard InChI is InChI=1S/C28H31N5O7S/c1-28(2,3)18-10-12-20(13-11-18)41(36,37)33-24-23(40-22-9-6-5-8-21(22)38-4)27(39-17-19(35)16-34)32-26(31-24)25-29-14-7-15-30-25/h5-15,19,34-35H,16-17H2,1-4H3,(H,31,32,33). The van der Waals surface area contributed by atoms with Crippen LogP contribution < -0.4 is 18.9 Å². The van der Waals surface area contributed by atoms with Crippen LogP contribution in [0.2, 0.25) is 0 Å². The molecule has 12 nitrogen and oxygen atoms in total. The number of hydrogen-bond donors (Lipinski definition) is 3. The molecule has 0 fully saturated rings. The normalized spacial score (nSPS) is 12.4. The molecule has 0 aliphatic carbocycles. The van der Waals surface area contributed by atoms with Crippen molar-refractivity contribution >= 4 is 15.8 Å². The summed E-state index contributed by atoms with van der Waals surface area (Å²) in [7, 11) is -2.74. The Balaban J connectivity index is 1.86. The van der Waals surface area contributed by atoms with E-state index in [-0.39, 0.29) is 51.8 Å². The topological polar surface area (TPSA) is 166 Å². The van der Waals surface area contributed by atoms with E-state index in [2.05, 4.69) is 24.7 Å². The van der Waals surface area contributed by atoms with Gasteiger partial charge in [0.2, 0.25) is 11.6 Å². The third-order valence-electron chi connectivity index (χ3n) is 5.77. The van der Waals surface area contributed by atoms with Crippen LogP contribution in [0.5, 0.6) is 23.1 Å². The molecule has 41 heavy (non-hydrogen) atoms. The second kappa shape index (κ2) is 12.5. The van der Waals surface area contributed by atoms with Crippen molar-refractivity contribution in [2.75, 3.05) is 25.0 Å². The first kappa shape index (κ1) is 29.6. The number of ether oxygens (including phenoxy) is 3. The van der Waals surface area contributed by atoms with Gasteiger partial charge in [0, 0.05) is 12.4 Å². The Morgan fingerprint density at radius 1 is 0.927 bits per heavy atom. The number of aliphatic hydroxyl groups excluding tert-OH is 2. The molecule has 1 unspecified atom stereocenters. The van der Waals surface area contributed by atoms with E-state index in [9.17, 15) is 18.6 Å². The van der Waals surface area contributed by atoms with Crippen molar-refractivity contribution in [3.63, 3.8) is 0 Å². The Labute approximate surface area is 238 Å². The van der Waals surface area contributed by atoms with Gasteiger partial charge in [0.05, 0.1) is 18.6 Å². The number of aliphatic hydroxyl groups is 2. The van der Waals surface area contributed by atoms with Crippen LogP contribution in [0.4, 0.5) is 5.82 Å². The summed E-state index contributed by atoms with van der Waals surface area (Å²) in [6.45, 7) is 5.12. The quantitative estimate of drug-likeness (QED) is 0.237. The maximum atomic E-state index is 13.6. The zero-order chi connectivity index (χ0) is 29.6. The molecular weight excluding hydrogens is 550 g/mol. The summed E-state index contributed by atoms with van der Waals surface area (Å²) in [5.41, 5.74) is 0.786. The number of methoxy groups -OCH3 is 1. The van der Waals surface area contributed by atoms with E-state index in [1.807, 2.05) is 20.8 Å². The van der Waals surface area contributed by atoms with Crippen LogP contribution in [0.15, 0.2) is 71.9 Å². The van der Waals surface area contributed by atoms with Crippen molar-refractivity contribution in [1.82, 2.24) is 19.9 Å². The molecule has 0 aliphatic heterocycles. The second-order valence-electron chi connectivity index (χ2n) is 9.88. The molecule has 2 aromatic heterocycles. The molecule has 2 aromatic carbocycles. The van der Waals surface area contributed by atoms with Gasteiger partial charge in [-0.2, -0.15) is 4.98 Å². The lowest BCUT2D eigenvalue weighted by atomic mass is 9.87. The van der Waals surface area contributed by atoms with Gasteiger partial charge in [-0.05, 0) is 41.3 Å². The first-order valence-corrected chi connectivity index (χ1v) is 14.1. The molecule has 3 N–H and O–H groups in total. The lowest BCUT2D eigenvalue weighted by Crippen LogP contribution is -2.22. The fourth-order valence-electron chi connectivity index (χ4n) is 3.56. The summed E-state index contributed by atoms with van der Waals surface area (Å²) in [5, 5.41) is 19.2. The Morgan fingerprint density at radius 3 is 2.20 bits per heavy atom. The molecule has 0 spiro atoms. The SMILES string of the molecule is COc1ccccc1Oc1c(NS(=O)(=O)c2ccc(C(C)(C)C)cc2)nc(-c2ncccn2)nc1OCC(O)CO. The average molecular weight is 582 g/mol. The number of benzene rings is 2. The summed E-state index contributed by atoms with van der Waals surface area (Å²) in [4.78, 5) is 17.0. The van der Waals surface area contributed by atoms with Crippen molar-refractivity contribution in [1.29, 1.82) is 0 Å². The van der Waals surface area contributed by atoms with E-state index in [1.165, 1.54) is 31.6 Å². The molecule has 0 saturated heterocycles. The van der Waals surface area contributed by atoms with Gasteiger partial charge < -0.3 is 24.4 Å².